The molecule has 1 atom stereocenters. The number of hydrogen-bond donors (Lipinski definition) is 1. The Morgan fingerprint density at radius 2 is 1.81 bits per heavy atom. The molecule has 3 rings (SSSR count). The Balaban J connectivity index is 1.64. The number of amides is 2. The summed E-state index contributed by atoms with van der Waals surface area (Å²) in [5, 5.41) is 4.12. The van der Waals surface area contributed by atoms with Gasteiger partial charge in [-0.1, -0.05) is 53.5 Å². The summed E-state index contributed by atoms with van der Waals surface area (Å²) in [5.74, 6) is -0.101. The Kier molecular flexibility index (Phi) is 6.40. The second-order valence-corrected chi connectivity index (χ2v) is 7.50. The van der Waals surface area contributed by atoms with Crippen LogP contribution in [0.2, 0.25) is 10.0 Å². The van der Waals surface area contributed by atoms with Crippen molar-refractivity contribution in [2.75, 3.05) is 13.1 Å². The van der Waals surface area contributed by atoms with E-state index in [0.717, 1.165) is 17.5 Å². The first-order chi connectivity index (χ1) is 13.0. The molecular weight excluding hydrogens is 383 g/mol. The first-order valence-corrected chi connectivity index (χ1v) is 9.77. The molecule has 0 saturated heterocycles. The maximum Gasteiger partial charge on any atom is 0.222 e. The Morgan fingerprint density at radius 3 is 2.52 bits per heavy atom. The molecule has 1 heterocycles. The highest BCUT2D eigenvalue weighted by Gasteiger charge is 2.30. The number of halogens is 2. The normalized spacial score (nSPS) is 16.0. The summed E-state index contributed by atoms with van der Waals surface area (Å²) in [6.07, 6.45) is 1.62. The lowest BCUT2D eigenvalue weighted by Crippen LogP contribution is -2.41. The molecule has 2 aromatic rings. The van der Waals surface area contributed by atoms with Crippen molar-refractivity contribution in [1.82, 2.24) is 10.2 Å². The lowest BCUT2D eigenvalue weighted by atomic mass is 9.90. The quantitative estimate of drug-likeness (QED) is 0.811. The Labute approximate surface area is 169 Å². The van der Waals surface area contributed by atoms with Crippen LogP contribution in [0.15, 0.2) is 42.5 Å². The zero-order valence-electron chi connectivity index (χ0n) is 15.2. The minimum atomic E-state index is -0.226. The van der Waals surface area contributed by atoms with Crippen LogP contribution in [-0.4, -0.2) is 29.8 Å². The summed E-state index contributed by atoms with van der Waals surface area (Å²) in [6.45, 7) is 2.63. The molecule has 4 nitrogen and oxygen atoms in total. The van der Waals surface area contributed by atoms with E-state index in [2.05, 4.69) is 11.4 Å². The van der Waals surface area contributed by atoms with Crippen molar-refractivity contribution in [3.63, 3.8) is 0 Å². The number of nitrogens with zero attached hydrogens (tertiary/aromatic N) is 1. The summed E-state index contributed by atoms with van der Waals surface area (Å²) >= 11 is 12.3. The van der Waals surface area contributed by atoms with Gasteiger partial charge in [0.25, 0.3) is 0 Å². The molecule has 1 N–H and O–H groups in total. The van der Waals surface area contributed by atoms with E-state index < -0.39 is 0 Å². The highest BCUT2D eigenvalue weighted by Crippen LogP contribution is 2.32. The van der Waals surface area contributed by atoms with Crippen molar-refractivity contribution in [3.8, 4) is 0 Å². The number of benzene rings is 2. The van der Waals surface area contributed by atoms with Gasteiger partial charge in [0, 0.05) is 30.1 Å². The van der Waals surface area contributed by atoms with Crippen LogP contribution in [-0.2, 0) is 22.4 Å². The SMILES string of the molecule is CC(=O)N1CCc2ccccc2C1CC(=O)NCCc1c(Cl)cccc1Cl. The minimum absolute atomic E-state index is 0.00912. The van der Waals surface area contributed by atoms with Crippen LogP contribution in [0, 0.1) is 0 Å². The van der Waals surface area contributed by atoms with Gasteiger partial charge in [-0.15, -0.1) is 0 Å². The zero-order valence-corrected chi connectivity index (χ0v) is 16.7. The van der Waals surface area contributed by atoms with Crippen LogP contribution in [0.3, 0.4) is 0 Å². The van der Waals surface area contributed by atoms with Gasteiger partial charge in [0.2, 0.25) is 11.8 Å². The number of nitrogens with one attached hydrogen (secondary N) is 1. The predicted molar refractivity (Wildman–Crippen MR) is 108 cm³/mol. The van der Waals surface area contributed by atoms with Gasteiger partial charge in [0.15, 0.2) is 0 Å². The van der Waals surface area contributed by atoms with E-state index in [9.17, 15) is 9.59 Å². The van der Waals surface area contributed by atoms with E-state index in [1.165, 1.54) is 5.56 Å². The molecule has 0 aromatic heterocycles. The zero-order chi connectivity index (χ0) is 19.4. The number of fused-ring (bicyclic) bond motifs is 1. The molecule has 0 spiro atoms. The smallest absolute Gasteiger partial charge is 0.222 e. The first-order valence-electron chi connectivity index (χ1n) is 9.02. The fraction of sp³-hybridized carbons (Fsp3) is 0.333. The van der Waals surface area contributed by atoms with Crippen LogP contribution in [0.5, 0.6) is 0 Å². The van der Waals surface area contributed by atoms with Gasteiger partial charge in [-0.3, -0.25) is 9.59 Å². The average molecular weight is 405 g/mol. The van der Waals surface area contributed by atoms with Crippen molar-refractivity contribution in [3.05, 3.63) is 69.2 Å². The van der Waals surface area contributed by atoms with Crippen molar-refractivity contribution < 1.29 is 9.59 Å². The molecule has 0 bridgehead atoms. The maximum atomic E-state index is 12.5. The molecule has 6 heteroatoms. The third-order valence-corrected chi connectivity index (χ3v) is 5.66. The molecule has 2 amide bonds. The highest BCUT2D eigenvalue weighted by atomic mass is 35.5. The fourth-order valence-electron chi connectivity index (χ4n) is 3.59. The first kappa shape index (κ1) is 19.7. The van der Waals surface area contributed by atoms with Crippen LogP contribution < -0.4 is 5.32 Å². The van der Waals surface area contributed by atoms with Gasteiger partial charge in [-0.25, -0.2) is 0 Å². The fourth-order valence-corrected chi connectivity index (χ4v) is 4.18. The lowest BCUT2D eigenvalue weighted by Gasteiger charge is -2.36. The van der Waals surface area contributed by atoms with Crippen molar-refractivity contribution in [2.45, 2.75) is 32.2 Å². The van der Waals surface area contributed by atoms with E-state index in [4.69, 9.17) is 23.2 Å². The molecule has 0 fully saturated rings. The molecule has 0 aliphatic carbocycles. The second kappa shape index (κ2) is 8.77. The number of rotatable bonds is 5. The van der Waals surface area contributed by atoms with Crippen LogP contribution >= 0.6 is 23.2 Å². The average Bonchev–Trinajstić information content (AvgIpc) is 2.64. The topological polar surface area (TPSA) is 49.4 Å². The van der Waals surface area contributed by atoms with Gasteiger partial charge in [0.05, 0.1) is 12.5 Å². The van der Waals surface area contributed by atoms with E-state index in [0.29, 0.717) is 29.6 Å². The van der Waals surface area contributed by atoms with E-state index >= 15 is 0 Å². The summed E-state index contributed by atoms with van der Waals surface area (Å²) in [4.78, 5) is 26.4. The van der Waals surface area contributed by atoms with Gasteiger partial charge in [-0.2, -0.15) is 0 Å². The summed E-state index contributed by atoms with van der Waals surface area (Å²) in [7, 11) is 0. The van der Waals surface area contributed by atoms with E-state index in [1.54, 1.807) is 30.0 Å². The monoisotopic (exact) mass is 404 g/mol. The molecule has 2 aromatic carbocycles. The highest BCUT2D eigenvalue weighted by molar-refractivity contribution is 6.36. The predicted octanol–water partition coefficient (Wildman–Crippen LogP) is 4.19. The standard InChI is InChI=1S/C21H22Cl2N2O2/c1-14(26)25-12-10-15-5-2-3-6-16(15)20(25)13-21(27)24-11-9-17-18(22)7-4-8-19(17)23/h2-8,20H,9-13H2,1H3,(H,24,27). The van der Waals surface area contributed by atoms with Gasteiger partial charge >= 0.3 is 0 Å². The van der Waals surface area contributed by atoms with Crippen molar-refractivity contribution in [1.29, 1.82) is 0 Å². The van der Waals surface area contributed by atoms with Crippen LogP contribution in [0.1, 0.15) is 36.1 Å². The Hall–Kier alpha value is -2.04. The molecule has 0 radical (unpaired) electrons. The summed E-state index contributed by atoms with van der Waals surface area (Å²) < 4.78 is 0. The Morgan fingerprint density at radius 1 is 1.11 bits per heavy atom. The van der Waals surface area contributed by atoms with Crippen molar-refractivity contribution in [2.24, 2.45) is 0 Å². The number of carbonyl (C=O) groups is 2. The van der Waals surface area contributed by atoms with E-state index in [1.807, 2.05) is 18.2 Å². The summed E-state index contributed by atoms with van der Waals surface area (Å²) in [6, 6.07) is 13.2. The van der Waals surface area contributed by atoms with Gasteiger partial charge in [0.1, 0.15) is 0 Å². The number of carbonyl (C=O) groups excluding carboxylic acids is 2. The summed E-state index contributed by atoms with van der Waals surface area (Å²) in [5.41, 5.74) is 3.09. The molecule has 1 unspecified atom stereocenters. The molecular formula is C21H22Cl2N2O2. The molecule has 0 saturated carbocycles. The minimum Gasteiger partial charge on any atom is -0.356 e. The maximum absolute atomic E-state index is 12.5. The molecule has 27 heavy (non-hydrogen) atoms. The van der Waals surface area contributed by atoms with Crippen molar-refractivity contribution >= 4 is 35.0 Å². The van der Waals surface area contributed by atoms with Gasteiger partial charge < -0.3 is 10.2 Å². The third kappa shape index (κ3) is 4.63. The largest absolute Gasteiger partial charge is 0.356 e. The molecule has 142 valence electrons. The third-order valence-electron chi connectivity index (χ3n) is 4.95. The van der Waals surface area contributed by atoms with E-state index in [-0.39, 0.29) is 24.3 Å². The number of hydrogen-bond acceptors (Lipinski definition) is 2. The second-order valence-electron chi connectivity index (χ2n) is 6.68. The molecule has 1 aliphatic rings. The molecule has 1 aliphatic heterocycles. The lowest BCUT2D eigenvalue weighted by molar-refractivity contribution is -0.133. The Bertz CT molecular complexity index is 834. The van der Waals surface area contributed by atoms with Crippen LogP contribution in [0.25, 0.3) is 0 Å². The van der Waals surface area contributed by atoms with Gasteiger partial charge in [-0.05, 0) is 41.7 Å². The van der Waals surface area contributed by atoms with Crippen LogP contribution in [0.4, 0.5) is 0 Å².